The van der Waals surface area contributed by atoms with Gasteiger partial charge in [-0.3, -0.25) is 9.59 Å². The van der Waals surface area contributed by atoms with Crippen molar-refractivity contribution in [3.63, 3.8) is 0 Å². The van der Waals surface area contributed by atoms with Crippen LogP contribution >= 0.6 is 11.6 Å². The normalized spacial score (nSPS) is 16.3. The van der Waals surface area contributed by atoms with Gasteiger partial charge in [0.1, 0.15) is 6.54 Å². The number of nitrogens with zero attached hydrogens (tertiary/aromatic N) is 1. The second kappa shape index (κ2) is 7.21. The zero-order valence-electron chi connectivity index (χ0n) is 12.2. The van der Waals surface area contributed by atoms with Gasteiger partial charge in [-0.1, -0.05) is 23.7 Å². The fourth-order valence-corrected chi connectivity index (χ4v) is 2.70. The number of piperidine rings is 1. The predicted molar refractivity (Wildman–Crippen MR) is 79.1 cm³/mol. The van der Waals surface area contributed by atoms with E-state index in [-0.39, 0.29) is 5.91 Å². The molecule has 0 atom stereocenters. The summed E-state index contributed by atoms with van der Waals surface area (Å²) in [6.45, 7) is -0.701. The van der Waals surface area contributed by atoms with E-state index in [1.165, 1.54) is 0 Å². The van der Waals surface area contributed by atoms with E-state index in [1.54, 1.807) is 29.2 Å². The smallest absolute Gasteiger partial charge is 0.347 e. The summed E-state index contributed by atoms with van der Waals surface area (Å²) >= 11 is 5.98. The lowest BCUT2D eigenvalue weighted by molar-refractivity contribution is -0.141. The van der Waals surface area contributed by atoms with Crippen molar-refractivity contribution in [1.82, 2.24) is 10.2 Å². The number of carbonyl (C=O) groups is 2. The molecule has 0 radical (unpaired) electrons. The van der Waals surface area contributed by atoms with Crippen LogP contribution in [0.2, 0.25) is 5.02 Å². The number of alkyl halides is 3. The Hall–Kier alpha value is -1.76. The lowest BCUT2D eigenvalue weighted by Gasteiger charge is -2.31. The molecule has 126 valence electrons. The van der Waals surface area contributed by atoms with Crippen LogP contribution in [0.15, 0.2) is 24.3 Å². The largest absolute Gasteiger partial charge is 0.405 e. The zero-order chi connectivity index (χ0) is 17.0. The Morgan fingerprint density at radius 2 is 1.83 bits per heavy atom. The molecule has 0 spiro atoms. The summed E-state index contributed by atoms with van der Waals surface area (Å²) in [5, 5.41) is 2.24. The maximum atomic E-state index is 12.3. The second-order valence-electron chi connectivity index (χ2n) is 5.38. The predicted octanol–water partition coefficient (Wildman–Crippen LogP) is 2.87. The zero-order valence-corrected chi connectivity index (χ0v) is 13.0. The number of carbonyl (C=O) groups excluding carboxylic acids is 2. The minimum absolute atomic E-state index is 0.232. The molecular weight excluding hydrogens is 333 g/mol. The van der Waals surface area contributed by atoms with E-state index in [9.17, 15) is 22.8 Å². The van der Waals surface area contributed by atoms with Crippen molar-refractivity contribution in [3.05, 3.63) is 34.9 Å². The van der Waals surface area contributed by atoms with Gasteiger partial charge in [-0.15, -0.1) is 0 Å². The first kappa shape index (κ1) is 17.6. The molecule has 2 rings (SSSR count). The average molecular weight is 349 g/mol. The first-order chi connectivity index (χ1) is 10.8. The Bertz CT molecular complexity index is 584. The van der Waals surface area contributed by atoms with Crippen LogP contribution in [0, 0.1) is 5.92 Å². The molecule has 0 unspecified atom stereocenters. The Kier molecular flexibility index (Phi) is 5.51. The summed E-state index contributed by atoms with van der Waals surface area (Å²) in [7, 11) is 0. The number of hydrogen-bond donors (Lipinski definition) is 1. The van der Waals surface area contributed by atoms with E-state index in [1.807, 2.05) is 5.32 Å². The third-order valence-electron chi connectivity index (χ3n) is 3.72. The van der Waals surface area contributed by atoms with Gasteiger partial charge in [0, 0.05) is 19.0 Å². The Morgan fingerprint density at radius 3 is 2.39 bits per heavy atom. The molecule has 8 heteroatoms. The number of amides is 2. The van der Waals surface area contributed by atoms with Gasteiger partial charge >= 0.3 is 6.18 Å². The van der Waals surface area contributed by atoms with Crippen molar-refractivity contribution >= 4 is 23.4 Å². The third-order valence-corrected chi connectivity index (χ3v) is 4.05. The lowest BCUT2D eigenvalue weighted by atomic mass is 9.95. The van der Waals surface area contributed by atoms with Crippen molar-refractivity contribution in [1.29, 1.82) is 0 Å². The SMILES string of the molecule is O=C(NCC(F)(F)F)C1CCN(C(=O)c2ccccc2Cl)CC1. The van der Waals surface area contributed by atoms with Gasteiger partial charge in [-0.2, -0.15) is 13.2 Å². The van der Waals surface area contributed by atoms with Crippen LogP contribution in [0.25, 0.3) is 0 Å². The third kappa shape index (κ3) is 4.86. The number of hydrogen-bond acceptors (Lipinski definition) is 2. The fourth-order valence-electron chi connectivity index (χ4n) is 2.48. The molecule has 0 aromatic heterocycles. The summed E-state index contributed by atoms with van der Waals surface area (Å²) < 4.78 is 36.3. The van der Waals surface area contributed by atoms with Crippen LogP contribution in [-0.4, -0.2) is 42.5 Å². The molecule has 4 nitrogen and oxygen atoms in total. The first-order valence-electron chi connectivity index (χ1n) is 7.16. The van der Waals surface area contributed by atoms with E-state index in [4.69, 9.17) is 11.6 Å². The molecule has 0 aliphatic carbocycles. The van der Waals surface area contributed by atoms with Gasteiger partial charge in [0.2, 0.25) is 5.91 Å². The number of halogens is 4. The van der Waals surface area contributed by atoms with E-state index < -0.39 is 24.5 Å². The molecule has 23 heavy (non-hydrogen) atoms. The molecule has 1 aromatic rings. The Morgan fingerprint density at radius 1 is 1.22 bits per heavy atom. The van der Waals surface area contributed by atoms with Crippen molar-refractivity contribution in [2.45, 2.75) is 19.0 Å². The molecule has 1 saturated heterocycles. The van der Waals surface area contributed by atoms with Gasteiger partial charge in [0.05, 0.1) is 10.6 Å². The highest BCUT2D eigenvalue weighted by Crippen LogP contribution is 2.23. The van der Waals surface area contributed by atoms with Crippen LogP contribution in [-0.2, 0) is 4.79 Å². The molecule has 1 aromatic carbocycles. The van der Waals surface area contributed by atoms with Gasteiger partial charge < -0.3 is 10.2 Å². The molecule has 0 saturated carbocycles. The molecular formula is C15H16ClF3N2O2. The maximum Gasteiger partial charge on any atom is 0.405 e. The topological polar surface area (TPSA) is 49.4 Å². The van der Waals surface area contributed by atoms with Crippen LogP contribution in [0.1, 0.15) is 23.2 Å². The van der Waals surface area contributed by atoms with Gasteiger partial charge in [-0.05, 0) is 25.0 Å². The van der Waals surface area contributed by atoms with Crippen LogP contribution in [0.3, 0.4) is 0 Å². The summed E-state index contributed by atoms with van der Waals surface area (Å²) in [4.78, 5) is 25.6. The van der Waals surface area contributed by atoms with Gasteiger partial charge in [0.15, 0.2) is 0 Å². The van der Waals surface area contributed by atoms with Crippen molar-refractivity contribution < 1.29 is 22.8 Å². The first-order valence-corrected chi connectivity index (χ1v) is 7.54. The summed E-state index contributed by atoms with van der Waals surface area (Å²) in [6.07, 6.45) is -3.75. The van der Waals surface area contributed by atoms with Crippen molar-refractivity contribution in [3.8, 4) is 0 Å². The molecule has 1 N–H and O–H groups in total. The van der Waals surface area contributed by atoms with E-state index in [2.05, 4.69) is 0 Å². The van der Waals surface area contributed by atoms with Gasteiger partial charge in [-0.25, -0.2) is 0 Å². The number of nitrogens with one attached hydrogen (secondary N) is 1. The monoisotopic (exact) mass is 348 g/mol. The van der Waals surface area contributed by atoms with Crippen LogP contribution < -0.4 is 5.32 Å². The quantitative estimate of drug-likeness (QED) is 0.913. The lowest BCUT2D eigenvalue weighted by Crippen LogP contribution is -2.44. The van der Waals surface area contributed by atoms with E-state index in [0.29, 0.717) is 36.5 Å². The standard InChI is InChI=1S/C15H16ClF3N2O2/c16-12-4-2-1-3-11(12)14(23)21-7-5-10(6-8-21)13(22)20-9-15(17,18)19/h1-4,10H,5-9H2,(H,20,22). The second-order valence-corrected chi connectivity index (χ2v) is 5.79. The fraction of sp³-hybridized carbons (Fsp3) is 0.467. The number of benzene rings is 1. The van der Waals surface area contributed by atoms with Gasteiger partial charge in [0.25, 0.3) is 5.91 Å². The number of rotatable bonds is 3. The minimum Gasteiger partial charge on any atom is -0.347 e. The molecule has 2 amide bonds. The Balaban J connectivity index is 1.87. The highest BCUT2D eigenvalue weighted by Gasteiger charge is 2.32. The van der Waals surface area contributed by atoms with Crippen LogP contribution in [0.5, 0.6) is 0 Å². The molecule has 0 bridgehead atoms. The Labute approximate surface area is 136 Å². The summed E-state index contributed by atoms with van der Waals surface area (Å²) in [6, 6.07) is 6.66. The summed E-state index contributed by atoms with van der Waals surface area (Å²) in [5.41, 5.74) is 0.383. The summed E-state index contributed by atoms with van der Waals surface area (Å²) in [5.74, 6) is -1.36. The molecule has 1 aliphatic rings. The van der Waals surface area contributed by atoms with Crippen molar-refractivity contribution in [2.75, 3.05) is 19.6 Å². The highest BCUT2D eigenvalue weighted by molar-refractivity contribution is 6.33. The molecule has 1 aliphatic heterocycles. The highest BCUT2D eigenvalue weighted by atomic mass is 35.5. The van der Waals surface area contributed by atoms with Crippen LogP contribution in [0.4, 0.5) is 13.2 Å². The number of likely N-dealkylation sites (tertiary alicyclic amines) is 1. The van der Waals surface area contributed by atoms with E-state index in [0.717, 1.165) is 0 Å². The maximum absolute atomic E-state index is 12.3. The van der Waals surface area contributed by atoms with Crippen molar-refractivity contribution in [2.24, 2.45) is 5.92 Å². The van der Waals surface area contributed by atoms with E-state index >= 15 is 0 Å². The molecule has 1 fully saturated rings. The average Bonchev–Trinajstić information content (AvgIpc) is 2.52. The minimum atomic E-state index is -4.42. The molecule has 1 heterocycles.